The topological polar surface area (TPSA) is 0 Å². The van der Waals surface area contributed by atoms with E-state index in [0.717, 1.165) is 5.92 Å². The molecule has 0 spiro atoms. The zero-order valence-electron chi connectivity index (χ0n) is 12.1. The first-order chi connectivity index (χ1) is 6.73. The van der Waals surface area contributed by atoms with Crippen molar-refractivity contribution in [3.8, 4) is 0 Å². The van der Waals surface area contributed by atoms with E-state index in [2.05, 4.69) is 48.5 Å². The summed E-state index contributed by atoms with van der Waals surface area (Å²) in [5, 5.41) is 0. The summed E-state index contributed by atoms with van der Waals surface area (Å²) in [5.74, 6) is 0.900. The van der Waals surface area contributed by atoms with Crippen LogP contribution in [-0.4, -0.2) is 0 Å². The predicted molar refractivity (Wildman–Crippen MR) is 71.2 cm³/mol. The van der Waals surface area contributed by atoms with E-state index in [1.54, 1.807) is 0 Å². The second kappa shape index (κ2) is 5.92. The minimum atomic E-state index is 0.461. The molecule has 0 bridgehead atoms. The van der Waals surface area contributed by atoms with Crippen LogP contribution in [0.5, 0.6) is 0 Å². The maximum atomic E-state index is 2.46. The van der Waals surface area contributed by atoms with Crippen LogP contribution in [0.25, 0.3) is 0 Å². The minimum absolute atomic E-state index is 0.461. The molecule has 0 fully saturated rings. The Morgan fingerprint density at radius 3 is 1.80 bits per heavy atom. The Morgan fingerprint density at radius 1 is 0.933 bits per heavy atom. The lowest BCUT2D eigenvalue weighted by Gasteiger charge is -2.39. The van der Waals surface area contributed by atoms with Gasteiger partial charge in [0.2, 0.25) is 0 Å². The Bertz CT molecular complexity index is 159. The maximum absolute atomic E-state index is 2.46. The Kier molecular flexibility index (Phi) is 5.92. The van der Waals surface area contributed by atoms with Crippen LogP contribution in [0.4, 0.5) is 0 Å². The normalized spacial score (nSPS) is 15.4. The third-order valence-corrected chi connectivity index (χ3v) is 3.49. The summed E-state index contributed by atoms with van der Waals surface area (Å²) >= 11 is 0. The van der Waals surface area contributed by atoms with Crippen LogP contribution in [0.1, 0.15) is 80.6 Å². The van der Waals surface area contributed by atoms with Gasteiger partial charge in [0, 0.05) is 0 Å². The SMILES string of the molecule is CCCCC(CC)C(C)(C)CC(C)(C)C. The first kappa shape index (κ1) is 15.0. The molecule has 0 aromatic heterocycles. The first-order valence-corrected chi connectivity index (χ1v) is 6.73. The van der Waals surface area contributed by atoms with Crippen molar-refractivity contribution in [2.75, 3.05) is 0 Å². The van der Waals surface area contributed by atoms with Gasteiger partial charge in [-0.15, -0.1) is 0 Å². The van der Waals surface area contributed by atoms with Crippen molar-refractivity contribution in [3.05, 3.63) is 0 Å². The Hall–Kier alpha value is 0. The molecule has 0 nitrogen and oxygen atoms in total. The largest absolute Gasteiger partial charge is 0.0654 e. The summed E-state index contributed by atoms with van der Waals surface area (Å²) in [5.41, 5.74) is 0.964. The molecular formula is C15H32. The van der Waals surface area contributed by atoms with Crippen molar-refractivity contribution >= 4 is 0 Å². The average Bonchev–Trinajstić information content (AvgIpc) is 2.00. The first-order valence-electron chi connectivity index (χ1n) is 6.73. The molecule has 1 atom stereocenters. The lowest BCUT2D eigenvalue weighted by Crippen LogP contribution is -2.28. The molecule has 0 aliphatic rings. The predicted octanol–water partition coefficient (Wildman–Crippen LogP) is 5.67. The Morgan fingerprint density at radius 2 is 1.47 bits per heavy atom. The highest BCUT2D eigenvalue weighted by atomic mass is 14.4. The van der Waals surface area contributed by atoms with E-state index in [0.29, 0.717) is 10.8 Å². The highest BCUT2D eigenvalue weighted by Crippen LogP contribution is 2.42. The van der Waals surface area contributed by atoms with Crippen molar-refractivity contribution in [3.63, 3.8) is 0 Å². The summed E-state index contributed by atoms with van der Waals surface area (Å²) < 4.78 is 0. The average molecular weight is 212 g/mol. The van der Waals surface area contributed by atoms with Crippen LogP contribution < -0.4 is 0 Å². The van der Waals surface area contributed by atoms with Gasteiger partial charge in [-0.3, -0.25) is 0 Å². The summed E-state index contributed by atoms with van der Waals surface area (Å²) in [6.07, 6.45) is 6.82. The molecule has 0 saturated carbocycles. The highest BCUT2D eigenvalue weighted by Gasteiger charge is 2.31. The number of unbranched alkanes of at least 4 members (excludes halogenated alkanes) is 1. The van der Waals surface area contributed by atoms with Gasteiger partial charge in [0.15, 0.2) is 0 Å². The Balaban J connectivity index is 4.37. The minimum Gasteiger partial charge on any atom is -0.0654 e. The lowest BCUT2D eigenvalue weighted by atomic mass is 9.67. The number of hydrogen-bond acceptors (Lipinski definition) is 0. The summed E-state index contributed by atoms with van der Waals surface area (Å²) in [6, 6.07) is 0. The molecule has 15 heavy (non-hydrogen) atoms. The third kappa shape index (κ3) is 6.22. The standard InChI is InChI=1S/C15H32/c1-8-10-11-13(9-2)15(6,7)12-14(3,4)5/h13H,8-12H2,1-7H3. The van der Waals surface area contributed by atoms with Crippen LogP contribution in [0.2, 0.25) is 0 Å². The van der Waals surface area contributed by atoms with E-state index in [1.807, 2.05) is 0 Å². The molecule has 0 N–H and O–H groups in total. The van der Waals surface area contributed by atoms with Gasteiger partial charge in [-0.25, -0.2) is 0 Å². The quantitative estimate of drug-likeness (QED) is 0.532. The van der Waals surface area contributed by atoms with Gasteiger partial charge in [-0.2, -0.15) is 0 Å². The summed E-state index contributed by atoms with van der Waals surface area (Å²) in [4.78, 5) is 0. The Labute approximate surface area is 97.8 Å². The third-order valence-electron chi connectivity index (χ3n) is 3.49. The van der Waals surface area contributed by atoms with Crippen LogP contribution in [-0.2, 0) is 0 Å². The monoisotopic (exact) mass is 212 g/mol. The van der Waals surface area contributed by atoms with Crippen molar-refractivity contribution < 1.29 is 0 Å². The molecule has 92 valence electrons. The lowest BCUT2D eigenvalue weighted by molar-refractivity contribution is 0.117. The van der Waals surface area contributed by atoms with E-state index >= 15 is 0 Å². The van der Waals surface area contributed by atoms with Gasteiger partial charge in [0.25, 0.3) is 0 Å². The van der Waals surface area contributed by atoms with E-state index < -0.39 is 0 Å². The molecule has 1 unspecified atom stereocenters. The fraction of sp³-hybridized carbons (Fsp3) is 1.00. The van der Waals surface area contributed by atoms with E-state index in [9.17, 15) is 0 Å². The van der Waals surface area contributed by atoms with E-state index in [-0.39, 0.29) is 0 Å². The van der Waals surface area contributed by atoms with Crippen molar-refractivity contribution in [1.82, 2.24) is 0 Å². The molecule has 0 heteroatoms. The molecule has 0 heterocycles. The second-order valence-electron chi connectivity index (χ2n) is 6.97. The van der Waals surface area contributed by atoms with E-state index in [1.165, 1.54) is 32.1 Å². The van der Waals surface area contributed by atoms with Crippen molar-refractivity contribution in [1.29, 1.82) is 0 Å². The van der Waals surface area contributed by atoms with Crippen LogP contribution >= 0.6 is 0 Å². The van der Waals surface area contributed by atoms with Gasteiger partial charge < -0.3 is 0 Å². The molecule has 0 amide bonds. The zero-order chi connectivity index (χ0) is 12.1. The molecule has 0 aliphatic heterocycles. The molecule has 0 saturated heterocycles. The molecule has 0 rings (SSSR count). The highest BCUT2D eigenvalue weighted by molar-refractivity contribution is 4.82. The van der Waals surface area contributed by atoms with Crippen molar-refractivity contribution in [2.45, 2.75) is 80.6 Å². The van der Waals surface area contributed by atoms with Gasteiger partial charge in [-0.05, 0) is 29.6 Å². The van der Waals surface area contributed by atoms with E-state index in [4.69, 9.17) is 0 Å². The fourth-order valence-corrected chi connectivity index (χ4v) is 3.11. The van der Waals surface area contributed by atoms with Crippen LogP contribution in [0.15, 0.2) is 0 Å². The smallest absolute Gasteiger partial charge is 0.0321 e. The second-order valence-corrected chi connectivity index (χ2v) is 6.97. The molecule has 0 aromatic carbocycles. The molecular weight excluding hydrogens is 180 g/mol. The summed E-state index contributed by atoms with van der Waals surface area (Å²) in [6.45, 7) is 16.7. The van der Waals surface area contributed by atoms with Gasteiger partial charge in [-0.1, -0.05) is 67.7 Å². The molecule has 0 aromatic rings. The molecule has 0 aliphatic carbocycles. The summed E-state index contributed by atoms with van der Waals surface area (Å²) in [7, 11) is 0. The number of rotatable bonds is 6. The number of hydrogen-bond donors (Lipinski definition) is 0. The molecule has 0 radical (unpaired) electrons. The van der Waals surface area contributed by atoms with Crippen LogP contribution in [0, 0.1) is 16.7 Å². The van der Waals surface area contributed by atoms with Gasteiger partial charge >= 0.3 is 0 Å². The van der Waals surface area contributed by atoms with Gasteiger partial charge in [0.1, 0.15) is 0 Å². The van der Waals surface area contributed by atoms with Gasteiger partial charge in [0.05, 0.1) is 0 Å². The fourth-order valence-electron chi connectivity index (χ4n) is 3.11. The van der Waals surface area contributed by atoms with Crippen molar-refractivity contribution in [2.24, 2.45) is 16.7 Å². The zero-order valence-corrected chi connectivity index (χ0v) is 12.1. The maximum Gasteiger partial charge on any atom is -0.0321 e. The van der Waals surface area contributed by atoms with Crippen LogP contribution in [0.3, 0.4) is 0 Å².